The molecular formula is C13H14ClNO. The van der Waals surface area contributed by atoms with Gasteiger partial charge in [-0.1, -0.05) is 23.7 Å². The van der Waals surface area contributed by atoms with Gasteiger partial charge in [0, 0.05) is 23.5 Å². The molecule has 0 saturated heterocycles. The fraction of sp³-hybridized carbons (Fsp3) is 0.231. The Bertz CT molecular complexity index is 459. The van der Waals surface area contributed by atoms with Crippen molar-refractivity contribution in [3.8, 4) is 0 Å². The molecule has 1 atom stereocenters. The zero-order valence-corrected chi connectivity index (χ0v) is 9.85. The van der Waals surface area contributed by atoms with Crippen LogP contribution in [0, 0.1) is 0 Å². The lowest BCUT2D eigenvalue weighted by atomic mass is 10.2. The van der Waals surface area contributed by atoms with Crippen LogP contribution >= 0.6 is 11.6 Å². The highest BCUT2D eigenvalue weighted by atomic mass is 35.5. The molecule has 0 fully saturated rings. The van der Waals surface area contributed by atoms with Gasteiger partial charge in [0.2, 0.25) is 0 Å². The third-order valence-corrected chi connectivity index (χ3v) is 2.81. The normalized spacial score (nSPS) is 12.7. The van der Waals surface area contributed by atoms with E-state index >= 15 is 0 Å². The van der Waals surface area contributed by atoms with Gasteiger partial charge in [-0.15, -0.1) is 0 Å². The van der Waals surface area contributed by atoms with E-state index in [1.54, 1.807) is 6.92 Å². The molecule has 0 aliphatic heterocycles. The van der Waals surface area contributed by atoms with E-state index < -0.39 is 6.10 Å². The molecule has 1 aromatic carbocycles. The predicted molar refractivity (Wildman–Crippen MR) is 65.6 cm³/mol. The number of hydrogen-bond acceptors (Lipinski definition) is 1. The molecule has 84 valence electrons. The first kappa shape index (κ1) is 11.2. The Balaban J connectivity index is 2.20. The minimum absolute atomic E-state index is 0.442. The van der Waals surface area contributed by atoms with Gasteiger partial charge < -0.3 is 9.67 Å². The van der Waals surface area contributed by atoms with E-state index in [4.69, 9.17) is 11.6 Å². The van der Waals surface area contributed by atoms with Crippen molar-refractivity contribution in [3.05, 3.63) is 58.9 Å². The standard InChI is InChI=1S/C13H14ClNO/c1-10(16)13-3-2-8-15(13)9-11-4-6-12(14)7-5-11/h2-8,10,16H,9H2,1H3. The summed E-state index contributed by atoms with van der Waals surface area (Å²) < 4.78 is 2.04. The fourth-order valence-corrected chi connectivity index (χ4v) is 1.86. The van der Waals surface area contributed by atoms with Crippen molar-refractivity contribution in [2.24, 2.45) is 0 Å². The Kier molecular flexibility index (Phi) is 3.32. The summed E-state index contributed by atoms with van der Waals surface area (Å²) in [6, 6.07) is 11.6. The first-order valence-electron chi connectivity index (χ1n) is 5.24. The second-order valence-corrected chi connectivity index (χ2v) is 4.30. The van der Waals surface area contributed by atoms with Crippen molar-refractivity contribution in [1.82, 2.24) is 4.57 Å². The van der Waals surface area contributed by atoms with Crippen molar-refractivity contribution in [2.45, 2.75) is 19.6 Å². The maximum atomic E-state index is 9.57. The van der Waals surface area contributed by atoms with Crippen LogP contribution in [-0.4, -0.2) is 9.67 Å². The highest BCUT2D eigenvalue weighted by Gasteiger charge is 2.06. The number of aromatic nitrogens is 1. The number of hydrogen-bond donors (Lipinski definition) is 1. The second-order valence-electron chi connectivity index (χ2n) is 3.86. The summed E-state index contributed by atoms with van der Waals surface area (Å²) in [6.07, 6.45) is 1.53. The highest BCUT2D eigenvalue weighted by molar-refractivity contribution is 6.30. The molecule has 3 heteroatoms. The van der Waals surface area contributed by atoms with Crippen molar-refractivity contribution in [2.75, 3.05) is 0 Å². The summed E-state index contributed by atoms with van der Waals surface area (Å²) in [4.78, 5) is 0. The number of aliphatic hydroxyl groups is 1. The zero-order valence-electron chi connectivity index (χ0n) is 9.10. The van der Waals surface area contributed by atoms with E-state index in [0.29, 0.717) is 0 Å². The van der Waals surface area contributed by atoms with E-state index in [1.807, 2.05) is 47.2 Å². The topological polar surface area (TPSA) is 25.2 Å². The molecule has 0 bridgehead atoms. The van der Waals surface area contributed by atoms with Crippen LogP contribution in [0.1, 0.15) is 24.3 Å². The van der Waals surface area contributed by atoms with Crippen LogP contribution in [0.2, 0.25) is 5.02 Å². The minimum atomic E-state index is -0.442. The van der Waals surface area contributed by atoms with Crippen LogP contribution in [0.5, 0.6) is 0 Å². The molecule has 0 saturated carbocycles. The maximum Gasteiger partial charge on any atom is 0.0911 e. The molecule has 1 heterocycles. The second kappa shape index (κ2) is 4.73. The summed E-state index contributed by atoms with van der Waals surface area (Å²) in [5.41, 5.74) is 2.09. The molecule has 0 aliphatic carbocycles. The van der Waals surface area contributed by atoms with Gasteiger partial charge in [-0.3, -0.25) is 0 Å². The molecule has 0 amide bonds. The lowest BCUT2D eigenvalue weighted by molar-refractivity contribution is 0.190. The quantitative estimate of drug-likeness (QED) is 0.868. The van der Waals surface area contributed by atoms with E-state index in [2.05, 4.69) is 0 Å². The van der Waals surface area contributed by atoms with Crippen molar-refractivity contribution in [3.63, 3.8) is 0 Å². The van der Waals surface area contributed by atoms with E-state index in [-0.39, 0.29) is 0 Å². The van der Waals surface area contributed by atoms with Crippen LogP contribution in [-0.2, 0) is 6.54 Å². The van der Waals surface area contributed by atoms with E-state index in [9.17, 15) is 5.11 Å². The summed E-state index contributed by atoms with van der Waals surface area (Å²) in [7, 11) is 0. The first-order valence-corrected chi connectivity index (χ1v) is 5.62. The van der Waals surface area contributed by atoms with Crippen LogP contribution in [0.4, 0.5) is 0 Å². The van der Waals surface area contributed by atoms with Crippen LogP contribution in [0.15, 0.2) is 42.6 Å². The first-order chi connectivity index (χ1) is 7.66. The summed E-state index contributed by atoms with van der Waals surface area (Å²) in [6.45, 7) is 2.53. The number of aliphatic hydroxyl groups excluding tert-OH is 1. The van der Waals surface area contributed by atoms with Gasteiger partial charge in [0.25, 0.3) is 0 Å². The Morgan fingerprint density at radius 1 is 1.25 bits per heavy atom. The summed E-state index contributed by atoms with van der Waals surface area (Å²) in [5.74, 6) is 0. The molecule has 1 N–H and O–H groups in total. The Morgan fingerprint density at radius 2 is 1.94 bits per heavy atom. The molecule has 0 radical (unpaired) electrons. The average molecular weight is 236 g/mol. The van der Waals surface area contributed by atoms with Gasteiger partial charge in [-0.2, -0.15) is 0 Å². The van der Waals surface area contributed by atoms with Gasteiger partial charge in [0.05, 0.1) is 6.10 Å². The molecule has 2 aromatic rings. The average Bonchev–Trinajstić information content (AvgIpc) is 2.69. The van der Waals surface area contributed by atoms with Crippen LogP contribution in [0.3, 0.4) is 0 Å². The number of nitrogens with zero attached hydrogens (tertiary/aromatic N) is 1. The predicted octanol–water partition coefficient (Wildman–Crippen LogP) is 3.24. The van der Waals surface area contributed by atoms with Gasteiger partial charge in [-0.05, 0) is 36.8 Å². The Morgan fingerprint density at radius 3 is 2.56 bits per heavy atom. The highest BCUT2D eigenvalue weighted by Crippen LogP contribution is 2.16. The fourth-order valence-electron chi connectivity index (χ4n) is 1.74. The van der Waals surface area contributed by atoms with E-state index in [1.165, 1.54) is 5.56 Å². The molecule has 16 heavy (non-hydrogen) atoms. The van der Waals surface area contributed by atoms with Crippen molar-refractivity contribution >= 4 is 11.6 Å². The van der Waals surface area contributed by atoms with Gasteiger partial charge in [0.15, 0.2) is 0 Å². The largest absolute Gasteiger partial charge is 0.387 e. The Labute approximate surface area is 100 Å². The Hall–Kier alpha value is -1.25. The number of halogens is 1. The monoisotopic (exact) mass is 235 g/mol. The summed E-state index contributed by atoms with van der Waals surface area (Å²) >= 11 is 5.83. The third kappa shape index (κ3) is 2.46. The number of benzene rings is 1. The zero-order chi connectivity index (χ0) is 11.5. The van der Waals surface area contributed by atoms with Gasteiger partial charge in [0.1, 0.15) is 0 Å². The van der Waals surface area contributed by atoms with Gasteiger partial charge >= 0.3 is 0 Å². The lowest BCUT2D eigenvalue weighted by Gasteiger charge is -2.11. The smallest absolute Gasteiger partial charge is 0.0911 e. The van der Waals surface area contributed by atoms with Crippen LogP contribution < -0.4 is 0 Å². The summed E-state index contributed by atoms with van der Waals surface area (Å²) in [5, 5.41) is 10.3. The molecular weight excluding hydrogens is 222 g/mol. The molecule has 0 aliphatic rings. The number of rotatable bonds is 3. The van der Waals surface area contributed by atoms with Crippen LogP contribution in [0.25, 0.3) is 0 Å². The lowest BCUT2D eigenvalue weighted by Crippen LogP contribution is -2.05. The van der Waals surface area contributed by atoms with Gasteiger partial charge in [-0.25, -0.2) is 0 Å². The molecule has 0 spiro atoms. The molecule has 2 nitrogen and oxygen atoms in total. The SMILES string of the molecule is CC(O)c1cccn1Cc1ccc(Cl)cc1. The van der Waals surface area contributed by atoms with E-state index in [0.717, 1.165) is 17.3 Å². The molecule has 2 rings (SSSR count). The van der Waals surface area contributed by atoms with Crippen molar-refractivity contribution in [1.29, 1.82) is 0 Å². The minimum Gasteiger partial charge on any atom is -0.387 e. The maximum absolute atomic E-state index is 9.57. The van der Waals surface area contributed by atoms with Crippen molar-refractivity contribution < 1.29 is 5.11 Å². The molecule has 1 unspecified atom stereocenters. The molecule has 1 aromatic heterocycles. The third-order valence-electron chi connectivity index (χ3n) is 2.56.